The Morgan fingerprint density at radius 2 is 2.36 bits per heavy atom. The van der Waals surface area contributed by atoms with Crippen LogP contribution in [-0.2, 0) is 9.53 Å². The van der Waals surface area contributed by atoms with Gasteiger partial charge in [0.15, 0.2) is 0 Å². The quantitative estimate of drug-likeness (QED) is 0.532. The van der Waals surface area contributed by atoms with Gasteiger partial charge < -0.3 is 15.4 Å². The predicted molar refractivity (Wildman–Crippen MR) is 47.7 cm³/mol. The van der Waals surface area contributed by atoms with Crippen LogP contribution in [0.4, 0.5) is 4.79 Å². The lowest BCUT2D eigenvalue weighted by Crippen LogP contribution is -2.50. The molecule has 2 N–H and O–H groups in total. The maximum absolute atomic E-state index is 11.2. The van der Waals surface area contributed by atoms with E-state index in [9.17, 15) is 9.59 Å². The standard InChI is InChI=1S/C8H13N3O3/c12-7-3-10-8(13)11(7)4-6-5-14-2-1-9-6/h6,9H,1-5H2,(H,10,13). The molecule has 2 fully saturated rings. The predicted octanol–water partition coefficient (Wildman–Crippen LogP) is -1.47. The fourth-order valence-electron chi connectivity index (χ4n) is 1.60. The van der Waals surface area contributed by atoms with Gasteiger partial charge in [0.05, 0.1) is 19.8 Å². The largest absolute Gasteiger partial charge is 0.378 e. The van der Waals surface area contributed by atoms with E-state index in [-0.39, 0.29) is 24.5 Å². The van der Waals surface area contributed by atoms with Crippen LogP contribution in [0.1, 0.15) is 0 Å². The van der Waals surface area contributed by atoms with Crippen molar-refractivity contribution in [2.75, 3.05) is 32.8 Å². The highest BCUT2D eigenvalue weighted by molar-refractivity contribution is 6.01. The summed E-state index contributed by atoms with van der Waals surface area (Å²) in [6, 6.07) is -0.237. The molecular formula is C8H13N3O3. The molecule has 0 bridgehead atoms. The molecule has 2 aliphatic heterocycles. The van der Waals surface area contributed by atoms with Gasteiger partial charge in [-0.25, -0.2) is 4.79 Å². The molecule has 2 rings (SSSR count). The van der Waals surface area contributed by atoms with Crippen molar-refractivity contribution in [1.82, 2.24) is 15.5 Å². The highest BCUT2D eigenvalue weighted by atomic mass is 16.5. The van der Waals surface area contributed by atoms with Crippen LogP contribution < -0.4 is 10.6 Å². The average molecular weight is 199 g/mol. The number of urea groups is 1. The minimum atomic E-state index is -0.303. The van der Waals surface area contributed by atoms with Gasteiger partial charge in [-0.05, 0) is 0 Å². The average Bonchev–Trinajstić information content (AvgIpc) is 2.51. The summed E-state index contributed by atoms with van der Waals surface area (Å²) in [6.07, 6.45) is 0. The van der Waals surface area contributed by atoms with Gasteiger partial charge in [0.2, 0.25) is 5.91 Å². The lowest BCUT2D eigenvalue weighted by Gasteiger charge is -2.26. The van der Waals surface area contributed by atoms with E-state index in [0.717, 1.165) is 6.54 Å². The minimum Gasteiger partial charge on any atom is -0.378 e. The maximum atomic E-state index is 11.2. The number of hydrogen-bond donors (Lipinski definition) is 2. The second-order valence-electron chi connectivity index (χ2n) is 3.39. The molecule has 6 heteroatoms. The van der Waals surface area contributed by atoms with E-state index in [0.29, 0.717) is 19.8 Å². The van der Waals surface area contributed by atoms with E-state index in [2.05, 4.69) is 10.6 Å². The molecular weight excluding hydrogens is 186 g/mol. The highest BCUT2D eigenvalue weighted by Crippen LogP contribution is 2.02. The summed E-state index contributed by atoms with van der Waals surface area (Å²) in [5.74, 6) is -0.164. The highest BCUT2D eigenvalue weighted by Gasteiger charge is 2.30. The number of nitrogens with zero attached hydrogens (tertiary/aromatic N) is 1. The van der Waals surface area contributed by atoms with Gasteiger partial charge in [-0.3, -0.25) is 9.69 Å². The third-order valence-electron chi connectivity index (χ3n) is 2.34. The SMILES string of the molecule is O=C1CNC(=O)N1CC1COCCN1. The molecule has 2 heterocycles. The van der Waals surface area contributed by atoms with Gasteiger partial charge in [0, 0.05) is 19.1 Å². The Balaban J connectivity index is 1.89. The van der Waals surface area contributed by atoms with Crippen LogP contribution in [0.25, 0.3) is 0 Å². The first-order valence-electron chi connectivity index (χ1n) is 4.66. The van der Waals surface area contributed by atoms with Crippen LogP contribution in [-0.4, -0.2) is 55.7 Å². The summed E-state index contributed by atoms with van der Waals surface area (Å²) in [6.45, 7) is 2.53. The van der Waals surface area contributed by atoms with Gasteiger partial charge in [-0.2, -0.15) is 0 Å². The third-order valence-corrected chi connectivity index (χ3v) is 2.34. The van der Waals surface area contributed by atoms with E-state index in [1.807, 2.05) is 0 Å². The zero-order valence-corrected chi connectivity index (χ0v) is 7.78. The van der Waals surface area contributed by atoms with Gasteiger partial charge in [0.25, 0.3) is 0 Å². The van der Waals surface area contributed by atoms with E-state index < -0.39 is 0 Å². The molecule has 2 saturated heterocycles. The van der Waals surface area contributed by atoms with E-state index in [1.54, 1.807) is 0 Å². The summed E-state index contributed by atoms with van der Waals surface area (Å²) >= 11 is 0. The fourth-order valence-corrected chi connectivity index (χ4v) is 1.60. The normalized spacial score (nSPS) is 28.0. The first-order chi connectivity index (χ1) is 6.77. The van der Waals surface area contributed by atoms with Crippen molar-refractivity contribution in [1.29, 1.82) is 0 Å². The Bertz CT molecular complexity index is 234. The molecule has 14 heavy (non-hydrogen) atoms. The summed E-state index contributed by atoms with van der Waals surface area (Å²) in [7, 11) is 0. The molecule has 2 aliphatic rings. The Labute approximate surface area is 81.6 Å². The molecule has 0 aromatic heterocycles. The number of amides is 3. The van der Waals surface area contributed by atoms with Crippen molar-refractivity contribution in [3.05, 3.63) is 0 Å². The number of morpholine rings is 1. The van der Waals surface area contributed by atoms with Gasteiger partial charge in [-0.15, -0.1) is 0 Å². The minimum absolute atomic E-state index is 0.0662. The van der Waals surface area contributed by atoms with Crippen LogP contribution in [0.15, 0.2) is 0 Å². The third kappa shape index (κ3) is 1.85. The fraction of sp³-hybridized carbons (Fsp3) is 0.750. The van der Waals surface area contributed by atoms with Crippen LogP contribution in [0.5, 0.6) is 0 Å². The number of ether oxygens (including phenoxy) is 1. The molecule has 3 amide bonds. The van der Waals surface area contributed by atoms with Crippen molar-refractivity contribution in [3.63, 3.8) is 0 Å². The summed E-state index contributed by atoms with van der Waals surface area (Å²) in [5.41, 5.74) is 0. The number of hydrogen-bond acceptors (Lipinski definition) is 4. The van der Waals surface area contributed by atoms with Gasteiger partial charge in [-0.1, -0.05) is 0 Å². The number of imide groups is 1. The molecule has 1 unspecified atom stereocenters. The van der Waals surface area contributed by atoms with Crippen LogP contribution >= 0.6 is 0 Å². The first-order valence-corrected chi connectivity index (χ1v) is 4.66. The van der Waals surface area contributed by atoms with Crippen LogP contribution in [0, 0.1) is 0 Å². The molecule has 1 atom stereocenters. The monoisotopic (exact) mass is 199 g/mol. The lowest BCUT2D eigenvalue weighted by atomic mass is 10.2. The van der Waals surface area contributed by atoms with Crippen molar-refractivity contribution >= 4 is 11.9 Å². The van der Waals surface area contributed by atoms with Crippen molar-refractivity contribution in [2.24, 2.45) is 0 Å². The number of carbonyl (C=O) groups is 2. The second kappa shape index (κ2) is 3.93. The second-order valence-corrected chi connectivity index (χ2v) is 3.39. The summed E-state index contributed by atoms with van der Waals surface area (Å²) in [5, 5.41) is 5.67. The van der Waals surface area contributed by atoms with Crippen molar-refractivity contribution in [3.8, 4) is 0 Å². The zero-order chi connectivity index (χ0) is 9.97. The Kier molecular flexibility index (Phi) is 2.64. The molecule has 0 saturated carbocycles. The molecule has 0 aliphatic carbocycles. The number of rotatable bonds is 2. The van der Waals surface area contributed by atoms with E-state index >= 15 is 0 Å². The van der Waals surface area contributed by atoms with E-state index in [4.69, 9.17) is 4.74 Å². The van der Waals surface area contributed by atoms with Crippen LogP contribution in [0.3, 0.4) is 0 Å². The van der Waals surface area contributed by atoms with Crippen molar-refractivity contribution in [2.45, 2.75) is 6.04 Å². The number of carbonyl (C=O) groups excluding carboxylic acids is 2. The smallest absolute Gasteiger partial charge is 0.324 e. The topological polar surface area (TPSA) is 70.7 Å². The Hall–Kier alpha value is -1.14. The molecule has 78 valence electrons. The molecule has 0 spiro atoms. The van der Waals surface area contributed by atoms with Crippen molar-refractivity contribution < 1.29 is 14.3 Å². The Morgan fingerprint density at radius 3 is 2.93 bits per heavy atom. The molecule has 6 nitrogen and oxygen atoms in total. The zero-order valence-electron chi connectivity index (χ0n) is 7.78. The van der Waals surface area contributed by atoms with Crippen LogP contribution in [0.2, 0.25) is 0 Å². The summed E-state index contributed by atoms with van der Waals surface area (Å²) < 4.78 is 5.23. The first kappa shape index (κ1) is 9.42. The molecule has 0 radical (unpaired) electrons. The van der Waals surface area contributed by atoms with Gasteiger partial charge in [0.1, 0.15) is 0 Å². The molecule has 0 aromatic carbocycles. The lowest BCUT2D eigenvalue weighted by molar-refractivity contribution is -0.125. The Morgan fingerprint density at radius 1 is 1.50 bits per heavy atom. The molecule has 0 aromatic rings. The maximum Gasteiger partial charge on any atom is 0.324 e. The van der Waals surface area contributed by atoms with E-state index in [1.165, 1.54) is 4.90 Å². The number of nitrogens with one attached hydrogen (secondary N) is 2. The summed E-state index contributed by atoms with van der Waals surface area (Å²) in [4.78, 5) is 23.6. The van der Waals surface area contributed by atoms with Gasteiger partial charge >= 0.3 is 6.03 Å².